The highest BCUT2D eigenvalue weighted by molar-refractivity contribution is 6.76. The molecule has 162 valence electrons. The van der Waals surface area contributed by atoms with Gasteiger partial charge in [0.15, 0.2) is 8.32 Å². The summed E-state index contributed by atoms with van der Waals surface area (Å²) in [6, 6.07) is 2.42. The lowest BCUT2D eigenvalue weighted by Crippen LogP contribution is -2.52. The second-order valence-electron chi connectivity index (χ2n) is 11.0. The standard InChI is InChI=1S/C23H48O3Si/c1-8-9-10-11-12-16-27(23(5,6)7,26-22(2,3)4)17-15-19-13-14-20(24)21(25)18-19/h19-21,24-25H,8-18H2,1-7H3. The van der Waals surface area contributed by atoms with Gasteiger partial charge in [-0.2, -0.15) is 0 Å². The highest BCUT2D eigenvalue weighted by Crippen LogP contribution is 2.47. The average Bonchev–Trinajstić information content (AvgIpc) is 2.53. The maximum atomic E-state index is 10.1. The number of aliphatic hydroxyl groups is 2. The Morgan fingerprint density at radius 2 is 1.48 bits per heavy atom. The number of aliphatic hydroxyl groups excluding tert-OH is 2. The van der Waals surface area contributed by atoms with Crippen LogP contribution in [0.3, 0.4) is 0 Å². The van der Waals surface area contributed by atoms with E-state index in [9.17, 15) is 10.2 Å². The van der Waals surface area contributed by atoms with Gasteiger partial charge >= 0.3 is 0 Å². The minimum absolute atomic E-state index is 0.106. The van der Waals surface area contributed by atoms with Crippen molar-refractivity contribution in [2.24, 2.45) is 5.92 Å². The first-order valence-electron chi connectivity index (χ1n) is 11.5. The second-order valence-corrected chi connectivity index (χ2v) is 15.7. The van der Waals surface area contributed by atoms with E-state index in [1.165, 1.54) is 44.2 Å². The van der Waals surface area contributed by atoms with Crippen LogP contribution in [0.25, 0.3) is 0 Å². The maximum absolute atomic E-state index is 10.1. The highest BCUT2D eigenvalue weighted by Gasteiger charge is 2.48. The molecule has 1 aliphatic carbocycles. The normalized spacial score (nSPS) is 26.8. The first-order chi connectivity index (χ1) is 12.4. The quantitative estimate of drug-likeness (QED) is 0.328. The lowest BCUT2D eigenvalue weighted by atomic mass is 9.84. The van der Waals surface area contributed by atoms with Gasteiger partial charge in [0.05, 0.1) is 12.2 Å². The van der Waals surface area contributed by atoms with Crippen molar-refractivity contribution >= 4 is 8.32 Å². The summed E-state index contributed by atoms with van der Waals surface area (Å²) in [6.45, 7) is 16.0. The third-order valence-corrected chi connectivity index (χ3v) is 12.4. The molecule has 1 aliphatic rings. The molecule has 4 unspecified atom stereocenters. The van der Waals surface area contributed by atoms with Crippen molar-refractivity contribution in [3.8, 4) is 0 Å². The van der Waals surface area contributed by atoms with Gasteiger partial charge in [0.25, 0.3) is 0 Å². The molecule has 3 nitrogen and oxygen atoms in total. The van der Waals surface area contributed by atoms with Crippen molar-refractivity contribution < 1.29 is 14.6 Å². The molecule has 0 spiro atoms. The van der Waals surface area contributed by atoms with E-state index in [0.29, 0.717) is 5.92 Å². The molecule has 1 saturated carbocycles. The molecule has 0 heterocycles. The fourth-order valence-corrected chi connectivity index (χ4v) is 9.77. The summed E-state index contributed by atoms with van der Waals surface area (Å²) in [5.41, 5.74) is -0.106. The van der Waals surface area contributed by atoms with E-state index >= 15 is 0 Å². The molecule has 4 heteroatoms. The molecule has 2 N–H and O–H groups in total. The molecule has 0 radical (unpaired) electrons. The summed E-state index contributed by atoms with van der Waals surface area (Å²) in [7, 11) is -1.96. The third-order valence-electron chi connectivity index (χ3n) is 6.40. The number of hydrogen-bond acceptors (Lipinski definition) is 3. The second kappa shape index (κ2) is 10.8. The van der Waals surface area contributed by atoms with Crippen LogP contribution < -0.4 is 0 Å². The Hall–Kier alpha value is 0.0969. The van der Waals surface area contributed by atoms with Crippen LogP contribution in [0.2, 0.25) is 17.1 Å². The van der Waals surface area contributed by atoms with Crippen molar-refractivity contribution in [3.05, 3.63) is 0 Å². The molecule has 4 atom stereocenters. The van der Waals surface area contributed by atoms with Gasteiger partial charge in [0.1, 0.15) is 0 Å². The Bertz CT molecular complexity index is 413. The number of hydrogen-bond donors (Lipinski definition) is 2. The van der Waals surface area contributed by atoms with Gasteiger partial charge in [0, 0.05) is 5.60 Å². The molecule has 0 saturated heterocycles. The molecule has 0 aromatic carbocycles. The van der Waals surface area contributed by atoms with E-state index in [-0.39, 0.29) is 10.6 Å². The van der Waals surface area contributed by atoms with E-state index in [1.54, 1.807) is 0 Å². The summed E-state index contributed by atoms with van der Waals surface area (Å²) >= 11 is 0. The summed E-state index contributed by atoms with van der Waals surface area (Å²) in [5, 5.41) is 20.1. The van der Waals surface area contributed by atoms with E-state index < -0.39 is 20.5 Å². The molecule has 0 bridgehead atoms. The largest absolute Gasteiger partial charge is 0.412 e. The van der Waals surface area contributed by atoms with Crippen molar-refractivity contribution in [1.82, 2.24) is 0 Å². The van der Waals surface area contributed by atoms with Crippen LogP contribution in [0.5, 0.6) is 0 Å². The van der Waals surface area contributed by atoms with Crippen LogP contribution in [0.1, 0.15) is 106 Å². The molecule has 27 heavy (non-hydrogen) atoms. The predicted molar refractivity (Wildman–Crippen MR) is 119 cm³/mol. The van der Waals surface area contributed by atoms with Crippen molar-refractivity contribution in [2.45, 2.75) is 141 Å². The van der Waals surface area contributed by atoms with E-state index in [1.807, 2.05) is 0 Å². The molecule has 1 fully saturated rings. The fourth-order valence-electron chi connectivity index (χ4n) is 4.65. The number of rotatable bonds is 10. The van der Waals surface area contributed by atoms with Crippen LogP contribution in [0, 0.1) is 5.92 Å². The van der Waals surface area contributed by atoms with Crippen LogP contribution >= 0.6 is 0 Å². The molecule has 0 aliphatic heterocycles. The van der Waals surface area contributed by atoms with Gasteiger partial charge in [0.2, 0.25) is 0 Å². The SMILES string of the molecule is CCCCCCC[Si](CCC1CCC(O)C(O)C1)(OC(C)(C)C)C(C)(C)C. The van der Waals surface area contributed by atoms with Gasteiger partial charge in [-0.15, -0.1) is 0 Å². The molecule has 0 amide bonds. The van der Waals surface area contributed by atoms with Crippen LogP contribution in [-0.2, 0) is 4.43 Å². The van der Waals surface area contributed by atoms with Gasteiger partial charge in [-0.3, -0.25) is 0 Å². The summed E-state index contributed by atoms with van der Waals surface area (Å²) in [4.78, 5) is 0. The van der Waals surface area contributed by atoms with Crippen LogP contribution in [0.4, 0.5) is 0 Å². The minimum Gasteiger partial charge on any atom is -0.412 e. The van der Waals surface area contributed by atoms with Crippen LogP contribution in [0.15, 0.2) is 0 Å². The first kappa shape index (κ1) is 25.1. The smallest absolute Gasteiger partial charge is 0.198 e. The van der Waals surface area contributed by atoms with E-state index in [4.69, 9.17) is 4.43 Å². The van der Waals surface area contributed by atoms with Crippen molar-refractivity contribution in [2.75, 3.05) is 0 Å². The molecule has 1 rings (SSSR count). The summed E-state index contributed by atoms with van der Waals surface area (Å²) < 4.78 is 6.96. The predicted octanol–water partition coefficient (Wildman–Crippen LogP) is 6.43. The fraction of sp³-hybridized carbons (Fsp3) is 1.00. The Balaban J connectivity index is 2.83. The van der Waals surface area contributed by atoms with E-state index in [0.717, 1.165) is 25.7 Å². The lowest BCUT2D eigenvalue weighted by molar-refractivity contribution is -0.0261. The van der Waals surface area contributed by atoms with Gasteiger partial charge in [-0.1, -0.05) is 66.2 Å². The summed E-state index contributed by atoms with van der Waals surface area (Å²) in [6.07, 6.45) is 9.19. The van der Waals surface area contributed by atoms with Crippen molar-refractivity contribution in [3.63, 3.8) is 0 Å². The molecular formula is C23H48O3Si. The topological polar surface area (TPSA) is 49.7 Å². The highest BCUT2D eigenvalue weighted by atomic mass is 28.4. The maximum Gasteiger partial charge on any atom is 0.198 e. The monoisotopic (exact) mass is 400 g/mol. The zero-order valence-corrected chi connectivity index (χ0v) is 20.3. The van der Waals surface area contributed by atoms with Gasteiger partial charge in [-0.25, -0.2) is 0 Å². The minimum atomic E-state index is -1.96. The average molecular weight is 401 g/mol. The lowest BCUT2D eigenvalue weighted by Gasteiger charge is -2.47. The van der Waals surface area contributed by atoms with Crippen LogP contribution in [-0.4, -0.2) is 36.3 Å². The zero-order chi connectivity index (χ0) is 20.7. The van der Waals surface area contributed by atoms with Crippen molar-refractivity contribution in [1.29, 1.82) is 0 Å². The first-order valence-corrected chi connectivity index (χ1v) is 13.8. The Kier molecular flexibility index (Phi) is 10.0. The van der Waals surface area contributed by atoms with Gasteiger partial charge < -0.3 is 14.6 Å². The molecule has 0 aromatic heterocycles. The Labute approximate surface area is 170 Å². The Morgan fingerprint density at radius 1 is 0.852 bits per heavy atom. The van der Waals surface area contributed by atoms with Gasteiger partial charge in [-0.05, 0) is 63.1 Å². The zero-order valence-electron chi connectivity index (χ0n) is 19.3. The number of unbranched alkanes of at least 4 members (excludes halogenated alkanes) is 4. The Morgan fingerprint density at radius 3 is 2.00 bits per heavy atom. The third kappa shape index (κ3) is 8.55. The van der Waals surface area contributed by atoms with E-state index in [2.05, 4.69) is 48.5 Å². The molecule has 0 aromatic rings. The summed E-state index contributed by atoms with van der Waals surface area (Å²) in [5.74, 6) is 0.529. The molecular weight excluding hydrogens is 352 g/mol.